The van der Waals surface area contributed by atoms with Crippen molar-refractivity contribution < 1.29 is 17.6 Å². The number of rotatable bonds is 5. The minimum atomic E-state index is -4.54. The summed E-state index contributed by atoms with van der Waals surface area (Å²) in [4.78, 5) is 8.19. The molecule has 3 aromatic rings. The van der Waals surface area contributed by atoms with Crippen molar-refractivity contribution >= 4 is 29.1 Å². The van der Waals surface area contributed by atoms with Gasteiger partial charge in [0.1, 0.15) is 11.6 Å². The number of benzene rings is 1. The lowest BCUT2D eigenvalue weighted by Gasteiger charge is -2.12. The molecule has 5 nitrogen and oxygen atoms in total. The quantitative estimate of drug-likeness (QED) is 0.656. The molecule has 0 aliphatic carbocycles. The van der Waals surface area contributed by atoms with Crippen LogP contribution in [0.3, 0.4) is 0 Å². The predicted octanol–water partition coefficient (Wildman–Crippen LogP) is 5.10. The van der Waals surface area contributed by atoms with Gasteiger partial charge < -0.3 is 15.1 Å². The zero-order valence-electron chi connectivity index (χ0n) is 12.6. The molecule has 3 rings (SSSR count). The van der Waals surface area contributed by atoms with Crippen molar-refractivity contribution in [2.75, 3.05) is 10.6 Å². The number of halogens is 4. The third-order valence-corrected chi connectivity index (χ3v) is 3.54. The van der Waals surface area contributed by atoms with Gasteiger partial charge in [0, 0.05) is 11.9 Å². The van der Waals surface area contributed by atoms with Crippen LogP contribution in [0.2, 0.25) is 5.02 Å². The van der Waals surface area contributed by atoms with Gasteiger partial charge in [-0.3, -0.25) is 0 Å². The van der Waals surface area contributed by atoms with Crippen LogP contribution in [-0.4, -0.2) is 9.97 Å². The lowest BCUT2D eigenvalue weighted by molar-refractivity contribution is -0.137. The zero-order chi connectivity index (χ0) is 17.9. The van der Waals surface area contributed by atoms with E-state index < -0.39 is 11.7 Å². The summed E-state index contributed by atoms with van der Waals surface area (Å²) < 4.78 is 43.9. The molecule has 0 radical (unpaired) electrons. The van der Waals surface area contributed by atoms with Gasteiger partial charge in [0.15, 0.2) is 0 Å². The van der Waals surface area contributed by atoms with Gasteiger partial charge in [-0.25, -0.2) is 4.98 Å². The molecule has 2 heterocycles. The molecule has 2 N–H and O–H groups in total. The van der Waals surface area contributed by atoms with Gasteiger partial charge in [-0.05, 0) is 36.4 Å². The predicted molar refractivity (Wildman–Crippen MR) is 87.8 cm³/mol. The summed E-state index contributed by atoms with van der Waals surface area (Å²) in [7, 11) is 0. The van der Waals surface area contributed by atoms with Crippen molar-refractivity contribution in [1.82, 2.24) is 9.97 Å². The number of alkyl halides is 3. The molecule has 0 fully saturated rings. The molecule has 0 saturated heterocycles. The minimum Gasteiger partial charge on any atom is -0.467 e. The maximum Gasteiger partial charge on any atom is 0.417 e. The minimum absolute atomic E-state index is 0.153. The first kappa shape index (κ1) is 17.1. The Morgan fingerprint density at radius 3 is 2.72 bits per heavy atom. The van der Waals surface area contributed by atoms with Crippen LogP contribution in [0, 0.1) is 0 Å². The second-order valence-corrected chi connectivity index (χ2v) is 5.42. The zero-order valence-corrected chi connectivity index (χ0v) is 13.4. The average Bonchev–Trinajstić information content (AvgIpc) is 3.08. The molecule has 0 spiro atoms. The van der Waals surface area contributed by atoms with Gasteiger partial charge in [0.05, 0.1) is 23.4 Å². The highest BCUT2D eigenvalue weighted by Gasteiger charge is 2.33. The third kappa shape index (κ3) is 4.42. The lowest BCUT2D eigenvalue weighted by Crippen LogP contribution is -2.07. The first-order valence-electron chi connectivity index (χ1n) is 7.15. The molecular weight excluding hydrogens is 357 g/mol. The second-order valence-electron chi connectivity index (χ2n) is 5.02. The number of furan rings is 1. The maximum atomic E-state index is 12.9. The largest absolute Gasteiger partial charge is 0.467 e. The molecule has 0 aliphatic heterocycles. The maximum absolute atomic E-state index is 12.9. The van der Waals surface area contributed by atoms with Crippen molar-refractivity contribution in [3.05, 3.63) is 65.2 Å². The van der Waals surface area contributed by atoms with Crippen molar-refractivity contribution in [3.63, 3.8) is 0 Å². The Morgan fingerprint density at radius 1 is 1.16 bits per heavy atom. The summed E-state index contributed by atoms with van der Waals surface area (Å²) in [6, 6.07) is 8.71. The van der Waals surface area contributed by atoms with Crippen LogP contribution in [0.15, 0.2) is 53.3 Å². The smallest absolute Gasteiger partial charge is 0.417 e. The Balaban J connectivity index is 1.74. The molecule has 2 aromatic heterocycles. The first-order chi connectivity index (χ1) is 11.9. The van der Waals surface area contributed by atoms with E-state index in [9.17, 15) is 13.2 Å². The Hall–Kier alpha value is -2.74. The number of nitrogens with one attached hydrogen (secondary N) is 2. The summed E-state index contributed by atoms with van der Waals surface area (Å²) in [6.45, 7) is 0.419. The summed E-state index contributed by atoms with van der Waals surface area (Å²) >= 11 is 5.60. The Labute approximate surface area is 145 Å². The van der Waals surface area contributed by atoms with Crippen LogP contribution in [0.25, 0.3) is 0 Å². The standard InChI is InChI=1S/C16H12ClF3N4O/c17-13-4-3-10(8-12(13)16(18,19)20)23-15-21-6-5-14(24-15)22-9-11-2-1-7-25-11/h1-8H,9H2,(H2,21,22,23,24). The number of anilines is 3. The van der Waals surface area contributed by atoms with Crippen molar-refractivity contribution in [2.45, 2.75) is 12.7 Å². The van der Waals surface area contributed by atoms with Crippen molar-refractivity contribution in [3.8, 4) is 0 Å². The number of hydrogen-bond acceptors (Lipinski definition) is 5. The average molecular weight is 369 g/mol. The fraction of sp³-hybridized carbons (Fsp3) is 0.125. The van der Waals surface area contributed by atoms with Crippen LogP contribution < -0.4 is 10.6 Å². The van der Waals surface area contributed by atoms with E-state index >= 15 is 0 Å². The highest BCUT2D eigenvalue weighted by atomic mass is 35.5. The number of nitrogens with zero attached hydrogens (tertiary/aromatic N) is 2. The van der Waals surface area contributed by atoms with Crippen LogP contribution in [-0.2, 0) is 12.7 Å². The summed E-state index contributed by atoms with van der Waals surface area (Å²) in [6.07, 6.45) is -1.49. The molecule has 1 aromatic carbocycles. The molecule has 9 heteroatoms. The number of hydrogen-bond donors (Lipinski definition) is 2. The SMILES string of the molecule is FC(F)(F)c1cc(Nc2nccc(NCc3ccco3)n2)ccc1Cl. The van der Waals surface area contributed by atoms with Crippen LogP contribution in [0.5, 0.6) is 0 Å². The van der Waals surface area contributed by atoms with Gasteiger partial charge in [-0.2, -0.15) is 18.2 Å². The first-order valence-corrected chi connectivity index (χ1v) is 7.53. The van der Waals surface area contributed by atoms with E-state index in [4.69, 9.17) is 16.0 Å². The Bertz CT molecular complexity index is 853. The molecule has 25 heavy (non-hydrogen) atoms. The second kappa shape index (κ2) is 7.02. The monoisotopic (exact) mass is 368 g/mol. The summed E-state index contributed by atoms with van der Waals surface area (Å²) in [5, 5.41) is 5.40. The van der Waals surface area contributed by atoms with Gasteiger partial charge in [0.2, 0.25) is 5.95 Å². The lowest BCUT2D eigenvalue weighted by atomic mass is 10.2. The van der Waals surface area contributed by atoms with E-state index in [1.165, 1.54) is 18.3 Å². The highest BCUT2D eigenvalue weighted by Crippen LogP contribution is 2.36. The molecule has 130 valence electrons. The molecule has 0 amide bonds. The van der Waals surface area contributed by atoms with E-state index in [1.54, 1.807) is 24.5 Å². The van der Waals surface area contributed by atoms with Gasteiger partial charge in [-0.1, -0.05) is 11.6 Å². The van der Waals surface area contributed by atoms with E-state index in [2.05, 4.69) is 20.6 Å². The molecule has 0 saturated carbocycles. The topological polar surface area (TPSA) is 63.0 Å². The van der Waals surface area contributed by atoms with E-state index in [-0.39, 0.29) is 16.7 Å². The van der Waals surface area contributed by atoms with Gasteiger partial charge in [-0.15, -0.1) is 0 Å². The fourth-order valence-electron chi connectivity index (χ4n) is 2.06. The van der Waals surface area contributed by atoms with Crippen molar-refractivity contribution in [1.29, 1.82) is 0 Å². The van der Waals surface area contributed by atoms with Crippen LogP contribution >= 0.6 is 11.6 Å². The molecule has 0 unspecified atom stereocenters. The van der Waals surface area contributed by atoms with Gasteiger partial charge in [0.25, 0.3) is 0 Å². The van der Waals surface area contributed by atoms with E-state index in [0.29, 0.717) is 12.4 Å². The molecular formula is C16H12ClF3N4O. The van der Waals surface area contributed by atoms with E-state index in [1.807, 2.05) is 0 Å². The Kier molecular flexibility index (Phi) is 4.80. The Morgan fingerprint density at radius 2 is 2.00 bits per heavy atom. The molecule has 0 bridgehead atoms. The molecule has 0 atom stereocenters. The highest BCUT2D eigenvalue weighted by molar-refractivity contribution is 6.31. The summed E-state index contributed by atoms with van der Waals surface area (Å²) in [5.41, 5.74) is -0.744. The molecule has 0 aliphatic rings. The van der Waals surface area contributed by atoms with Gasteiger partial charge >= 0.3 is 6.18 Å². The van der Waals surface area contributed by atoms with E-state index in [0.717, 1.165) is 11.8 Å². The fourth-order valence-corrected chi connectivity index (χ4v) is 2.28. The van der Waals surface area contributed by atoms with Crippen LogP contribution in [0.1, 0.15) is 11.3 Å². The number of aromatic nitrogens is 2. The van der Waals surface area contributed by atoms with Crippen molar-refractivity contribution in [2.24, 2.45) is 0 Å². The third-order valence-electron chi connectivity index (χ3n) is 3.21. The van der Waals surface area contributed by atoms with Crippen LogP contribution in [0.4, 0.5) is 30.6 Å². The summed E-state index contributed by atoms with van der Waals surface area (Å²) in [5.74, 6) is 1.37. The normalized spacial score (nSPS) is 11.4.